The number of esters is 1. The van der Waals surface area contributed by atoms with E-state index in [0.29, 0.717) is 23.5 Å². The normalized spacial score (nSPS) is 16.1. The summed E-state index contributed by atoms with van der Waals surface area (Å²) < 4.78 is 19.4. The number of anilines is 2. The highest BCUT2D eigenvalue weighted by molar-refractivity contribution is 7.17. The highest BCUT2D eigenvalue weighted by Gasteiger charge is 2.29. The fourth-order valence-corrected chi connectivity index (χ4v) is 6.27. The second-order valence-corrected chi connectivity index (χ2v) is 10.9. The van der Waals surface area contributed by atoms with E-state index in [9.17, 15) is 14.0 Å². The van der Waals surface area contributed by atoms with Gasteiger partial charge in [0.2, 0.25) is 0 Å². The highest BCUT2D eigenvalue weighted by Crippen LogP contribution is 2.36. The number of hydrogen-bond acceptors (Lipinski definition) is 8. The summed E-state index contributed by atoms with van der Waals surface area (Å²) in [6.45, 7) is 3.96. The molecule has 1 fully saturated rings. The van der Waals surface area contributed by atoms with Crippen molar-refractivity contribution in [3.05, 3.63) is 74.5 Å². The zero-order chi connectivity index (χ0) is 26.6. The van der Waals surface area contributed by atoms with Crippen molar-refractivity contribution in [2.45, 2.75) is 38.4 Å². The highest BCUT2D eigenvalue weighted by atomic mass is 35.5. The average Bonchev–Trinajstić information content (AvgIpc) is 3.29. The summed E-state index contributed by atoms with van der Waals surface area (Å²) in [6, 6.07) is 11.5. The molecule has 3 aromatic rings. The van der Waals surface area contributed by atoms with Crippen molar-refractivity contribution in [2.24, 2.45) is 0 Å². The van der Waals surface area contributed by atoms with E-state index in [2.05, 4.69) is 38.0 Å². The van der Waals surface area contributed by atoms with Crippen molar-refractivity contribution in [3.8, 4) is 0 Å². The molecule has 2 aliphatic rings. The molecule has 5 rings (SSSR count). The van der Waals surface area contributed by atoms with Crippen LogP contribution in [0.3, 0.4) is 0 Å². The largest absolute Gasteiger partial charge is 0.465 e. The van der Waals surface area contributed by atoms with Gasteiger partial charge in [-0.2, -0.15) is 0 Å². The van der Waals surface area contributed by atoms with Gasteiger partial charge in [0.1, 0.15) is 10.8 Å². The molecule has 11 heteroatoms. The summed E-state index contributed by atoms with van der Waals surface area (Å²) in [4.78, 5) is 33.5. The van der Waals surface area contributed by atoms with E-state index in [4.69, 9.17) is 16.3 Å². The Morgan fingerprint density at radius 1 is 1.26 bits per heavy atom. The van der Waals surface area contributed by atoms with Crippen LogP contribution >= 0.6 is 22.9 Å². The molecule has 200 valence electrons. The number of hydrogen-bond donors (Lipinski definition) is 3. The third kappa shape index (κ3) is 5.83. The lowest BCUT2D eigenvalue weighted by molar-refractivity contribution is 0.0601. The molecule has 0 bridgehead atoms. The van der Waals surface area contributed by atoms with E-state index in [-0.39, 0.29) is 22.6 Å². The number of halogens is 2. The lowest BCUT2D eigenvalue weighted by atomic mass is 10.0. The van der Waals surface area contributed by atoms with E-state index < -0.39 is 17.7 Å². The number of nitrogens with one attached hydrogen (secondary N) is 3. The van der Waals surface area contributed by atoms with Crippen LogP contribution in [0.15, 0.2) is 36.4 Å². The fourth-order valence-electron chi connectivity index (χ4n) is 4.93. The number of piperidine rings is 1. The zero-order valence-electron chi connectivity index (χ0n) is 21.0. The summed E-state index contributed by atoms with van der Waals surface area (Å²) in [5, 5.41) is 9.47. The lowest BCUT2D eigenvalue weighted by Gasteiger charge is -2.33. The molecule has 0 radical (unpaired) electrons. The second kappa shape index (κ2) is 11.8. The molecule has 0 spiro atoms. The number of fused-ring (bicyclic) bond motifs is 1. The van der Waals surface area contributed by atoms with Crippen molar-refractivity contribution in [1.29, 1.82) is 0 Å². The van der Waals surface area contributed by atoms with E-state index >= 15 is 0 Å². The Morgan fingerprint density at radius 2 is 2.03 bits per heavy atom. The molecule has 1 saturated heterocycles. The first-order valence-corrected chi connectivity index (χ1v) is 13.8. The quantitative estimate of drug-likeness (QED) is 0.286. The first-order valence-electron chi connectivity index (χ1n) is 12.6. The lowest BCUT2D eigenvalue weighted by Crippen LogP contribution is -2.39. The van der Waals surface area contributed by atoms with Gasteiger partial charge in [0.25, 0.3) is 5.91 Å². The molecule has 2 aromatic heterocycles. The number of thiophene rings is 1. The zero-order valence-corrected chi connectivity index (χ0v) is 22.6. The van der Waals surface area contributed by atoms with Crippen LogP contribution in [0.25, 0.3) is 0 Å². The first kappa shape index (κ1) is 26.6. The number of nitrogens with zero attached hydrogens (tertiary/aromatic N) is 2. The van der Waals surface area contributed by atoms with Crippen molar-refractivity contribution in [1.82, 2.24) is 15.2 Å². The van der Waals surface area contributed by atoms with Gasteiger partial charge in [0.05, 0.1) is 18.2 Å². The number of pyridine rings is 1. The SMILES string of the molecule is COC(=O)c1c(NC(=O)c2cc(F)c(Cl)nc2NC2CCN(Cc3ccccc3)CC2)sc2c1CCNC2. The van der Waals surface area contributed by atoms with E-state index in [1.165, 1.54) is 24.0 Å². The van der Waals surface area contributed by atoms with Gasteiger partial charge < -0.3 is 20.7 Å². The fraction of sp³-hybridized carbons (Fsp3) is 0.370. The minimum Gasteiger partial charge on any atom is -0.465 e. The van der Waals surface area contributed by atoms with Crippen LogP contribution in [-0.4, -0.2) is 54.5 Å². The number of methoxy groups -OCH3 is 1. The Bertz CT molecular complexity index is 1330. The van der Waals surface area contributed by atoms with E-state index in [1.54, 1.807) is 0 Å². The van der Waals surface area contributed by atoms with Gasteiger partial charge in [-0.15, -0.1) is 11.3 Å². The Morgan fingerprint density at radius 3 is 2.76 bits per heavy atom. The monoisotopic (exact) mass is 557 g/mol. The molecule has 1 amide bonds. The smallest absolute Gasteiger partial charge is 0.341 e. The maximum atomic E-state index is 14.5. The minimum absolute atomic E-state index is 0.0268. The van der Waals surface area contributed by atoms with Crippen LogP contribution in [0.5, 0.6) is 0 Å². The van der Waals surface area contributed by atoms with E-state index in [0.717, 1.165) is 55.5 Å². The Labute approximate surface area is 229 Å². The molecule has 1 aromatic carbocycles. The van der Waals surface area contributed by atoms with Crippen molar-refractivity contribution >= 4 is 45.6 Å². The minimum atomic E-state index is -0.789. The van der Waals surface area contributed by atoms with Gasteiger partial charge in [-0.3, -0.25) is 9.69 Å². The third-order valence-corrected chi connectivity index (χ3v) is 8.31. The Balaban J connectivity index is 1.32. The average molecular weight is 558 g/mol. The van der Waals surface area contributed by atoms with Gasteiger partial charge in [0, 0.05) is 37.1 Å². The molecule has 38 heavy (non-hydrogen) atoms. The summed E-state index contributed by atoms with van der Waals surface area (Å²) in [5.41, 5.74) is 2.52. The standard InChI is InChI=1S/C27H29ClFN5O3S/c1-37-27(36)22-18-7-10-30-14-21(18)38-26(22)33-25(35)19-13-20(29)23(28)32-24(19)31-17-8-11-34(12-9-17)15-16-5-3-2-4-6-16/h2-6,13,17,30H,7-12,14-15H2,1H3,(H,31,32)(H,33,35). The Hall–Kier alpha value is -3.05. The molecule has 8 nitrogen and oxygen atoms in total. The second-order valence-electron chi connectivity index (χ2n) is 9.42. The van der Waals surface area contributed by atoms with Crippen LogP contribution in [0.4, 0.5) is 15.2 Å². The number of aromatic nitrogens is 1. The van der Waals surface area contributed by atoms with Gasteiger partial charge in [0.15, 0.2) is 11.0 Å². The van der Waals surface area contributed by atoms with Crippen LogP contribution in [-0.2, 0) is 24.2 Å². The predicted molar refractivity (Wildman–Crippen MR) is 147 cm³/mol. The molecule has 0 saturated carbocycles. The molecule has 0 aliphatic carbocycles. The summed E-state index contributed by atoms with van der Waals surface area (Å²) in [7, 11) is 1.31. The van der Waals surface area contributed by atoms with Crippen molar-refractivity contribution < 1.29 is 18.7 Å². The molecule has 0 atom stereocenters. The molecule has 3 N–H and O–H groups in total. The van der Waals surface area contributed by atoms with Gasteiger partial charge >= 0.3 is 5.97 Å². The molecule has 0 unspecified atom stereocenters. The van der Waals surface area contributed by atoms with Crippen LogP contribution in [0.2, 0.25) is 5.15 Å². The summed E-state index contributed by atoms with van der Waals surface area (Å²) in [6.07, 6.45) is 2.32. The summed E-state index contributed by atoms with van der Waals surface area (Å²) >= 11 is 7.32. The molecular formula is C27H29ClFN5O3S. The van der Waals surface area contributed by atoms with Crippen LogP contribution in [0, 0.1) is 5.82 Å². The van der Waals surface area contributed by atoms with Crippen molar-refractivity contribution in [2.75, 3.05) is 37.4 Å². The molecule has 4 heterocycles. The number of rotatable bonds is 7. The molecule has 2 aliphatic heterocycles. The summed E-state index contributed by atoms with van der Waals surface area (Å²) in [5.74, 6) is -1.66. The first-order chi connectivity index (χ1) is 18.4. The number of amides is 1. The maximum absolute atomic E-state index is 14.5. The number of benzene rings is 1. The third-order valence-electron chi connectivity index (χ3n) is 6.90. The van der Waals surface area contributed by atoms with Crippen molar-refractivity contribution in [3.63, 3.8) is 0 Å². The predicted octanol–water partition coefficient (Wildman–Crippen LogP) is 4.70. The number of carbonyl (C=O) groups excluding carboxylic acids is 2. The van der Waals surface area contributed by atoms with E-state index in [1.807, 2.05) is 18.2 Å². The number of likely N-dealkylation sites (tertiary alicyclic amines) is 1. The van der Waals surface area contributed by atoms with Gasteiger partial charge in [-0.1, -0.05) is 41.9 Å². The van der Waals surface area contributed by atoms with Gasteiger partial charge in [-0.25, -0.2) is 14.2 Å². The topological polar surface area (TPSA) is 95.6 Å². The molecular weight excluding hydrogens is 529 g/mol. The van der Waals surface area contributed by atoms with Gasteiger partial charge in [-0.05, 0) is 43.0 Å². The maximum Gasteiger partial charge on any atom is 0.341 e. The van der Waals surface area contributed by atoms with Crippen LogP contribution < -0.4 is 16.0 Å². The number of carbonyl (C=O) groups is 2. The Kier molecular flexibility index (Phi) is 8.23. The van der Waals surface area contributed by atoms with Crippen LogP contribution in [0.1, 0.15) is 49.6 Å². The number of ether oxygens (including phenoxy) is 1.